The Morgan fingerprint density at radius 1 is 1.23 bits per heavy atom. The molecule has 0 saturated heterocycles. The Kier molecular flexibility index (Phi) is 5.28. The van der Waals surface area contributed by atoms with E-state index < -0.39 is 0 Å². The van der Waals surface area contributed by atoms with Gasteiger partial charge in [-0.15, -0.1) is 0 Å². The molecule has 5 heteroatoms. The predicted octanol–water partition coefficient (Wildman–Crippen LogP) is 4.86. The van der Waals surface area contributed by atoms with Gasteiger partial charge < -0.3 is 15.4 Å². The van der Waals surface area contributed by atoms with Crippen molar-refractivity contribution in [2.45, 2.75) is 20.3 Å². The van der Waals surface area contributed by atoms with E-state index in [0.29, 0.717) is 16.5 Å². The first-order chi connectivity index (χ1) is 10.5. The van der Waals surface area contributed by atoms with Gasteiger partial charge in [0.1, 0.15) is 5.75 Å². The van der Waals surface area contributed by atoms with E-state index >= 15 is 0 Å². The molecule has 2 rings (SSSR count). The molecule has 0 radical (unpaired) electrons. The molecule has 0 unspecified atom stereocenters. The van der Waals surface area contributed by atoms with Crippen molar-refractivity contribution >= 4 is 29.0 Å². The molecule has 2 N–H and O–H groups in total. The third-order valence-corrected chi connectivity index (χ3v) is 3.62. The Morgan fingerprint density at radius 2 is 2.00 bits per heavy atom. The molecule has 0 aliphatic carbocycles. The second kappa shape index (κ2) is 7.18. The van der Waals surface area contributed by atoms with Crippen LogP contribution in [0.4, 0.5) is 16.2 Å². The molecule has 2 aromatic carbocycles. The summed E-state index contributed by atoms with van der Waals surface area (Å²) >= 11 is 5.96. The number of hydrogen-bond donors (Lipinski definition) is 2. The lowest BCUT2D eigenvalue weighted by atomic mass is 10.1. The summed E-state index contributed by atoms with van der Waals surface area (Å²) in [5.41, 5.74) is 3.48. The highest BCUT2D eigenvalue weighted by Gasteiger charge is 2.11. The van der Waals surface area contributed by atoms with Crippen molar-refractivity contribution in [3.05, 3.63) is 52.5 Å². The normalized spacial score (nSPS) is 10.2. The lowest BCUT2D eigenvalue weighted by Gasteiger charge is -2.15. The number of carbonyl (C=O) groups is 1. The van der Waals surface area contributed by atoms with Crippen molar-refractivity contribution in [2.75, 3.05) is 17.7 Å². The Bertz CT molecular complexity index is 686. The minimum Gasteiger partial charge on any atom is -0.495 e. The summed E-state index contributed by atoms with van der Waals surface area (Å²) in [4.78, 5) is 12.3. The van der Waals surface area contributed by atoms with Gasteiger partial charge in [-0.1, -0.05) is 36.7 Å². The number of anilines is 2. The molecule has 0 aliphatic heterocycles. The van der Waals surface area contributed by atoms with Crippen LogP contribution < -0.4 is 15.4 Å². The van der Waals surface area contributed by atoms with Crippen LogP contribution >= 0.6 is 11.6 Å². The summed E-state index contributed by atoms with van der Waals surface area (Å²) in [5, 5.41) is 6.20. The summed E-state index contributed by atoms with van der Waals surface area (Å²) in [5.74, 6) is 0.556. The zero-order valence-corrected chi connectivity index (χ0v) is 13.6. The van der Waals surface area contributed by atoms with Gasteiger partial charge in [0.25, 0.3) is 0 Å². The first-order valence-electron chi connectivity index (χ1n) is 7.05. The molecule has 116 valence electrons. The van der Waals surface area contributed by atoms with Gasteiger partial charge in [-0.05, 0) is 42.7 Å². The first kappa shape index (κ1) is 16.2. The number of amides is 2. The van der Waals surface area contributed by atoms with Crippen molar-refractivity contribution < 1.29 is 9.53 Å². The predicted molar refractivity (Wildman–Crippen MR) is 91.2 cm³/mol. The zero-order chi connectivity index (χ0) is 16.1. The monoisotopic (exact) mass is 318 g/mol. The fraction of sp³-hybridized carbons (Fsp3) is 0.235. The number of halogens is 1. The Morgan fingerprint density at radius 3 is 2.68 bits per heavy atom. The van der Waals surface area contributed by atoms with Crippen LogP contribution in [-0.2, 0) is 6.42 Å². The highest BCUT2D eigenvalue weighted by atomic mass is 35.5. The highest BCUT2D eigenvalue weighted by Crippen LogP contribution is 2.28. The molecule has 4 nitrogen and oxygen atoms in total. The third kappa shape index (κ3) is 3.71. The third-order valence-electron chi connectivity index (χ3n) is 3.39. The van der Waals surface area contributed by atoms with Crippen LogP contribution in [0.15, 0.2) is 36.4 Å². The number of nitrogens with one attached hydrogen (secondary N) is 2. The number of hydrogen-bond acceptors (Lipinski definition) is 2. The molecule has 0 spiro atoms. The second-order valence-corrected chi connectivity index (χ2v) is 5.32. The van der Waals surface area contributed by atoms with Crippen molar-refractivity contribution in [3.63, 3.8) is 0 Å². The summed E-state index contributed by atoms with van der Waals surface area (Å²) < 4.78 is 5.22. The van der Waals surface area contributed by atoms with Crippen molar-refractivity contribution in [1.29, 1.82) is 0 Å². The maximum Gasteiger partial charge on any atom is 0.323 e. The largest absolute Gasteiger partial charge is 0.495 e. The van der Waals surface area contributed by atoms with Crippen LogP contribution in [0.3, 0.4) is 0 Å². The van der Waals surface area contributed by atoms with Crippen LogP contribution in [0, 0.1) is 6.92 Å². The molecule has 0 saturated carbocycles. The SMILES string of the molecule is CCc1cccc(C)c1NC(=O)Nc1cc(Cl)ccc1OC. The van der Waals surface area contributed by atoms with Gasteiger partial charge in [0.15, 0.2) is 0 Å². The molecule has 0 bridgehead atoms. The average Bonchev–Trinajstić information content (AvgIpc) is 2.49. The van der Waals surface area contributed by atoms with Crippen LogP contribution in [0.2, 0.25) is 5.02 Å². The van der Waals surface area contributed by atoms with E-state index in [0.717, 1.165) is 23.2 Å². The summed E-state index contributed by atoms with van der Waals surface area (Å²) in [7, 11) is 1.54. The second-order valence-electron chi connectivity index (χ2n) is 4.89. The number of urea groups is 1. The van der Waals surface area contributed by atoms with Gasteiger partial charge in [0, 0.05) is 10.7 Å². The minimum atomic E-state index is -0.329. The first-order valence-corrected chi connectivity index (χ1v) is 7.43. The summed E-state index contributed by atoms with van der Waals surface area (Å²) in [6.07, 6.45) is 0.845. The molecule has 0 aromatic heterocycles. The number of methoxy groups -OCH3 is 1. The van der Waals surface area contributed by atoms with Gasteiger partial charge in [-0.25, -0.2) is 4.79 Å². The molecule has 22 heavy (non-hydrogen) atoms. The van der Waals surface area contributed by atoms with E-state index in [1.54, 1.807) is 25.3 Å². The van der Waals surface area contributed by atoms with E-state index in [4.69, 9.17) is 16.3 Å². The Balaban J connectivity index is 2.19. The van der Waals surface area contributed by atoms with E-state index in [9.17, 15) is 4.79 Å². The number of para-hydroxylation sites is 1. The summed E-state index contributed by atoms with van der Waals surface area (Å²) in [6.45, 7) is 4.02. The van der Waals surface area contributed by atoms with Gasteiger partial charge in [0.2, 0.25) is 0 Å². The van der Waals surface area contributed by atoms with Gasteiger partial charge in [-0.3, -0.25) is 0 Å². The standard InChI is InChI=1S/C17H19ClN2O2/c1-4-12-7-5-6-11(2)16(12)20-17(21)19-14-10-13(18)8-9-15(14)22-3/h5-10H,4H2,1-3H3,(H2,19,20,21). The van der Waals surface area contributed by atoms with Gasteiger partial charge >= 0.3 is 6.03 Å². The number of carbonyl (C=O) groups excluding carboxylic acids is 1. The van der Waals surface area contributed by atoms with Crippen LogP contribution in [-0.4, -0.2) is 13.1 Å². The lowest BCUT2D eigenvalue weighted by molar-refractivity contribution is 0.262. The number of aryl methyl sites for hydroxylation is 2. The molecular formula is C17H19ClN2O2. The smallest absolute Gasteiger partial charge is 0.323 e. The zero-order valence-electron chi connectivity index (χ0n) is 12.9. The molecule has 2 amide bonds. The number of benzene rings is 2. The quantitative estimate of drug-likeness (QED) is 0.845. The summed E-state index contributed by atoms with van der Waals surface area (Å²) in [6, 6.07) is 10.7. The number of ether oxygens (including phenoxy) is 1. The van der Waals surface area contributed by atoms with Crippen molar-refractivity contribution in [2.24, 2.45) is 0 Å². The van der Waals surface area contributed by atoms with Crippen LogP contribution in [0.5, 0.6) is 5.75 Å². The Hall–Kier alpha value is -2.20. The molecule has 2 aromatic rings. The maximum absolute atomic E-state index is 12.3. The highest BCUT2D eigenvalue weighted by molar-refractivity contribution is 6.31. The maximum atomic E-state index is 12.3. The van der Waals surface area contributed by atoms with Crippen LogP contribution in [0.1, 0.15) is 18.1 Å². The molecule has 0 heterocycles. The molecule has 0 atom stereocenters. The van der Waals surface area contributed by atoms with E-state index in [1.165, 1.54) is 0 Å². The van der Waals surface area contributed by atoms with Gasteiger partial charge in [0.05, 0.1) is 12.8 Å². The Labute approximate surface area is 135 Å². The van der Waals surface area contributed by atoms with E-state index in [-0.39, 0.29) is 6.03 Å². The lowest BCUT2D eigenvalue weighted by Crippen LogP contribution is -2.21. The fourth-order valence-corrected chi connectivity index (χ4v) is 2.42. The van der Waals surface area contributed by atoms with Crippen molar-refractivity contribution in [3.8, 4) is 5.75 Å². The topological polar surface area (TPSA) is 50.4 Å². The fourth-order valence-electron chi connectivity index (χ4n) is 2.25. The molecular weight excluding hydrogens is 300 g/mol. The number of rotatable bonds is 4. The van der Waals surface area contributed by atoms with Gasteiger partial charge in [-0.2, -0.15) is 0 Å². The van der Waals surface area contributed by atoms with E-state index in [2.05, 4.69) is 17.6 Å². The molecule has 0 aliphatic rings. The molecule has 0 fully saturated rings. The van der Waals surface area contributed by atoms with Crippen molar-refractivity contribution in [1.82, 2.24) is 0 Å². The van der Waals surface area contributed by atoms with E-state index in [1.807, 2.05) is 25.1 Å². The van der Waals surface area contributed by atoms with Crippen LogP contribution in [0.25, 0.3) is 0 Å². The minimum absolute atomic E-state index is 0.329. The average molecular weight is 319 g/mol.